The first-order chi connectivity index (χ1) is 8.30. The fraction of sp³-hybridized carbons (Fsp3) is 0.231. The van der Waals surface area contributed by atoms with Crippen LogP contribution in [0.5, 0.6) is 5.75 Å². The van der Waals surface area contributed by atoms with Crippen LogP contribution in [0.15, 0.2) is 24.5 Å². The van der Waals surface area contributed by atoms with Crippen molar-refractivity contribution in [3.8, 4) is 23.1 Å². The maximum Gasteiger partial charge on any atom is 0.166 e. The minimum atomic E-state index is 0.386. The molecule has 1 aromatic carbocycles. The summed E-state index contributed by atoms with van der Waals surface area (Å²) in [4.78, 5) is 6.96. The van der Waals surface area contributed by atoms with Gasteiger partial charge in [-0.05, 0) is 24.1 Å². The zero-order valence-corrected chi connectivity index (χ0v) is 9.82. The van der Waals surface area contributed by atoms with Crippen LogP contribution in [0.3, 0.4) is 0 Å². The second-order valence-electron chi connectivity index (χ2n) is 3.63. The van der Waals surface area contributed by atoms with Crippen LogP contribution in [0.25, 0.3) is 11.3 Å². The van der Waals surface area contributed by atoms with Crippen molar-refractivity contribution in [2.24, 2.45) is 0 Å². The van der Waals surface area contributed by atoms with Gasteiger partial charge in [-0.15, -0.1) is 0 Å². The van der Waals surface area contributed by atoms with Gasteiger partial charge in [-0.2, -0.15) is 5.26 Å². The van der Waals surface area contributed by atoms with Crippen LogP contribution in [-0.4, -0.2) is 17.1 Å². The molecule has 0 bridgehead atoms. The van der Waals surface area contributed by atoms with Crippen molar-refractivity contribution in [2.75, 3.05) is 7.11 Å². The van der Waals surface area contributed by atoms with Crippen molar-refractivity contribution in [3.05, 3.63) is 35.8 Å². The molecule has 1 aromatic heterocycles. The number of aromatic amines is 1. The Balaban J connectivity index is 2.61. The van der Waals surface area contributed by atoms with Crippen LogP contribution in [0.4, 0.5) is 0 Å². The third-order valence-corrected chi connectivity index (χ3v) is 2.69. The Morgan fingerprint density at radius 3 is 2.94 bits per heavy atom. The van der Waals surface area contributed by atoms with Gasteiger partial charge in [0.05, 0.1) is 19.1 Å². The van der Waals surface area contributed by atoms with E-state index in [0.29, 0.717) is 11.4 Å². The second kappa shape index (κ2) is 4.71. The Bertz CT molecular complexity index is 566. The molecule has 1 heterocycles. The maximum absolute atomic E-state index is 8.99. The van der Waals surface area contributed by atoms with Crippen LogP contribution < -0.4 is 4.74 Å². The Morgan fingerprint density at radius 1 is 1.47 bits per heavy atom. The number of nitriles is 1. The zero-order chi connectivity index (χ0) is 12.3. The molecular weight excluding hydrogens is 214 g/mol. The summed E-state index contributed by atoms with van der Waals surface area (Å²) < 4.78 is 5.31. The van der Waals surface area contributed by atoms with E-state index in [1.165, 1.54) is 11.9 Å². The topological polar surface area (TPSA) is 61.7 Å². The fourth-order valence-electron chi connectivity index (χ4n) is 1.75. The lowest BCUT2D eigenvalue weighted by Crippen LogP contribution is -1.92. The van der Waals surface area contributed by atoms with E-state index in [1.807, 2.05) is 18.2 Å². The third-order valence-electron chi connectivity index (χ3n) is 2.69. The number of hydrogen-bond donors (Lipinski definition) is 1. The van der Waals surface area contributed by atoms with Crippen molar-refractivity contribution in [1.82, 2.24) is 9.97 Å². The molecular formula is C13H13N3O. The quantitative estimate of drug-likeness (QED) is 0.876. The number of hydrogen-bond acceptors (Lipinski definition) is 3. The molecule has 86 valence electrons. The van der Waals surface area contributed by atoms with E-state index in [0.717, 1.165) is 17.7 Å². The summed E-state index contributed by atoms with van der Waals surface area (Å²) in [6.45, 7) is 2.09. The largest absolute Gasteiger partial charge is 0.496 e. The summed E-state index contributed by atoms with van der Waals surface area (Å²) in [6.07, 6.45) is 2.46. The smallest absolute Gasteiger partial charge is 0.166 e. The Hall–Kier alpha value is -2.28. The zero-order valence-electron chi connectivity index (χ0n) is 9.82. The highest BCUT2D eigenvalue weighted by atomic mass is 16.5. The first-order valence-electron chi connectivity index (χ1n) is 5.41. The summed E-state index contributed by atoms with van der Waals surface area (Å²) in [6, 6.07) is 8.02. The summed E-state index contributed by atoms with van der Waals surface area (Å²) >= 11 is 0. The number of rotatable bonds is 3. The van der Waals surface area contributed by atoms with Crippen molar-refractivity contribution >= 4 is 0 Å². The highest BCUT2D eigenvalue weighted by Crippen LogP contribution is 2.31. The van der Waals surface area contributed by atoms with E-state index in [2.05, 4.69) is 23.0 Å². The van der Waals surface area contributed by atoms with Crippen LogP contribution in [-0.2, 0) is 6.42 Å². The van der Waals surface area contributed by atoms with E-state index in [1.54, 1.807) is 7.11 Å². The standard InChI is InChI=1S/C13H13N3O/c1-3-9-4-5-12(17-2)10(6-9)13-11(7-14)15-8-16-13/h4-6,8H,3H2,1-2H3,(H,15,16). The number of methoxy groups -OCH3 is 1. The van der Waals surface area contributed by atoms with Gasteiger partial charge < -0.3 is 9.72 Å². The van der Waals surface area contributed by atoms with Gasteiger partial charge in [-0.25, -0.2) is 4.98 Å². The fourth-order valence-corrected chi connectivity index (χ4v) is 1.75. The van der Waals surface area contributed by atoms with Crippen molar-refractivity contribution in [2.45, 2.75) is 13.3 Å². The van der Waals surface area contributed by atoms with Gasteiger partial charge in [0.25, 0.3) is 0 Å². The van der Waals surface area contributed by atoms with E-state index >= 15 is 0 Å². The van der Waals surface area contributed by atoms with E-state index in [4.69, 9.17) is 10.00 Å². The molecule has 0 aliphatic rings. The summed E-state index contributed by atoms with van der Waals surface area (Å²) in [5.41, 5.74) is 3.16. The number of aromatic nitrogens is 2. The number of ether oxygens (including phenoxy) is 1. The number of imidazole rings is 1. The number of nitrogens with zero attached hydrogens (tertiary/aromatic N) is 2. The van der Waals surface area contributed by atoms with Gasteiger partial charge in [0.1, 0.15) is 11.8 Å². The first kappa shape index (κ1) is 11.2. The predicted octanol–water partition coefficient (Wildman–Crippen LogP) is 2.52. The van der Waals surface area contributed by atoms with Crippen molar-refractivity contribution in [3.63, 3.8) is 0 Å². The minimum absolute atomic E-state index is 0.386. The first-order valence-corrected chi connectivity index (χ1v) is 5.41. The molecule has 0 fully saturated rings. The van der Waals surface area contributed by atoms with Crippen LogP contribution in [0.1, 0.15) is 18.2 Å². The van der Waals surface area contributed by atoms with Crippen LogP contribution >= 0.6 is 0 Å². The lowest BCUT2D eigenvalue weighted by atomic mass is 10.0. The second-order valence-corrected chi connectivity index (χ2v) is 3.63. The molecule has 1 N–H and O–H groups in total. The Kier molecular flexibility index (Phi) is 3.10. The van der Waals surface area contributed by atoms with Gasteiger partial charge >= 0.3 is 0 Å². The monoisotopic (exact) mass is 227 g/mol. The maximum atomic E-state index is 8.99. The normalized spacial score (nSPS) is 9.94. The van der Waals surface area contributed by atoms with E-state index in [9.17, 15) is 0 Å². The third kappa shape index (κ3) is 2.00. The van der Waals surface area contributed by atoms with Gasteiger partial charge in [0, 0.05) is 5.56 Å². The van der Waals surface area contributed by atoms with E-state index < -0.39 is 0 Å². The highest BCUT2D eigenvalue weighted by Gasteiger charge is 2.13. The molecule has 0 aliphatic heterocycles. The number of aryl methyl sites for hydroxylation is 1. The Labute approximate surface area is 99.9 Å². The summed E-state index contributed by atoms with van der Waals surface area (Å²) in [5.74, 6) is 0.739. The van der Waals surface area contributed by atoms with Gasteiger partial charge in [-0.3, -0.25) is 0 Å². The molecule has 2 rings (SSSR count). The van der Waals surface area contributed by atoms with Crippen LogP contribution in [0.2, 0.25) is 0 Å². The molecule has 0 amide bonds. The predicted molar refractivity (Wildman–Crippen MR) is 64.7 cm³/mol. The average Bonchev–Trinajstić information content (AvgIpc) is 2.86. The lowest BCUT2D eigenvalue weighted by Gasteiger charge is -2.08. The lowest BCUT2D eigenvalue weighted by molar-refractivity contribution is 0.416. The van der Waals surface area contributed by atoms with Crippen LogP contribution in [0, 0.1) is 11.3 Å². The van der Waals surface area contributed by atoms with Crippen molar-refractivity contribution in [1.29, 1.82) is 5.26 Å². The number of nitrogens with one attached hydrogen (secondary N) is 1. The van der Waals surface area contributed by atoms with Gasteiger partial charge in [-0.1, -0.05) is 13.0 Å². The molecule has 0 spiro atoms. The SMILES string of the molecule is CCc1ccc(OC)c(-c2[nH]cnc2C#N)c1. The molecule has 0 atom stereocenters. The highest BCUT2D eigenvalue weighted by molar-refractivity contribution is 5.71. The molecule has 0 unspecified atom stereocenters. The molecule has 0 saturated heterocycles. The molecule has 17 heavy (non-hydrogen) atoms. The van der Waals surface area contributed by atoms with Gasteiger partial charge in [0.15, 0.2) is 5.69 Å². The summed E-state index contributed by atoms with van der Waals surface area (Å²) in [5, 5.41) is 8.99. The minimum Gasteiger partial charge on any atom is -0.496 e. The number of H-pyrrole nitrogens is 1. The molecule has 0 aliphatic carbocycles. The molecule has 0 radical (unpaired) electrons. The number of benzene rings is 1. The molecule has 4 heteroatoms. The average molecular weight is 227 g/mol. The summed E-state index contributed by atoms with van der Waals surface area (Å²) in [7, 11) is 1.62. The van der Waals surface area contributed by atoms with E-state index in [-0.39, 0.29) is 0 Å². The Morgan fingerprint density at radius 2 is 2.29 bits per heavy atom. The van der Waals surface area contributed by atoms with Crippen molar-refractivity contribution < 1.29 is 4.74 Å². The molecule has 4 nitrogen and oxygen atoms in total. The van der Waals surface area contributed by atoms with Gasteiger partial charge in [0.2, 0.25) is 0 Å². The molecule has 0 saturated carbocycles. The molecule has 2 aromatic rings.